The number of hydrogen-bond acceptors (Lipinski definition) is 9. The fourth-order valence-electron chi connectivity index (χ4n) is 4.07. The van der Waals surface area contributed by atoms with Gasteiger partial charge in [0.2, 0.25) is 0 Å². The van der Waals surface area contributed by atoms with E-state index in [9.17, 15) is 24.8 Å². The molecule has 2 heterocycles. The number of rotatable bonds is 7. The summed E-state index contributed by atoms with van der Waals surface area (Å²) < 4.78 is 12.7. The molecule has 1 aromatic heterocycles. The number of phenols is 1. The van der Waals surface area contributed by atoms with Crippen molar-refractivity contribution >= 4 is 45.0 Å². The Morgan fingerprint density at radius 3 is 2.61 bits per heavy atom. The zero-order valence-electron chi connectivity index (χ0n) is 20.9. The van der Waals surface area contributed by atoms with Crippen LogP contribution in [0.5, 0.6) is 11.5 Å². The molecular weight excluding hydrogens is 578 g/mol. The van der Waals surface area contributed by atoms with Crippen LogP contribution in [-0.4, -0.2) is 33.3 Å². The second-order valence-corrected chi connectivity index (χ2v) is 10.5. The Morgan fingerprint density at radius 1 is 1.32 bits per heavy atom. The molecule has 0 radical (unpaired) electrons. The quantitative estimate of drug-likeness (QED) is 0.246. The Morgan fingerprint density at radius 2 is 2.00 bits per heavy atom. The maximum atomic E-state index is 13.7. The third kappa shape index (κ3) is 5.27. The molecule has 10 nitrogen and oxygen atoms in total. The van der Waals surface area contributed by atoms with Crippen molar-refractivity contribution in [3.05, 3.63) is 93.1 Å². The summed E-state index contributed by atoms with van der Waals surface area (Å²) in [6, 6.07) is 8.62. The number of thiazole rings is 1. The van der Waals surface area contributed by atoms with Crippen molar-refractivity contribution in [1.82, 2.24) is 4.57 Å². The average molecular weight is 602 g/mol. The predicted molar refractivity (Wildman–Crippen MR) is 145 cm³/mol. The third-order valence-corrected chi connectivity index (χ3v) is 7.25. The minimum atomic E-state index is -0.828. The molecule has 1 aliphatic heterocycles. The molecule has 0 bridgehead atoms. The number of carbonyl (C=O) groups excluding carboxylic acids is 1. The number of benzene rings is 2. The molecule has 0 fully saturated rings. The zero-order valence-corrected chi connectivity index (χ0v) is 23.3. The van der Waals surface area contributed by atoms with E-state index in [1.54, 1.807) is 38.1 Å². The molecule has 38 heavy (non-hydrogen) atoms. The first-order valence-electron chi connectivity index (χ1n) is 11.6. The number of fused-ring (bicyclic) bond motifs is 1. The Labute approximate surface area is 229 Å². The summed E-state index contributed by atoms with van der Waals surface area (Å²) in [5.74, 6) is -0.195. The number of carbonyl (C=O) groups is 1. The molecule has 1 atom stereocenters. The molecule has 0 unspecified atom stereocenters. The van der Waals surface area contributed by atoms with E-state index in [4.69, 9.17) is 9.47 Å². The van der Waals surface area contributed by atoms with Crippen molar-refractivity contribution in [2.75, 3.05) is 6.61 Å². The van der Waals surface area contributed by atoms with Gasteiger partial charge >= 0.3 is 5.97 Å². The van der Waals surface area contributed by atoms with E-state index in [2.05, 4.69) is 20.9 Å². The topological polar surface area (TPSA) is 133 Å². The van der Waals surface area contributed by atoms with Crippen molar-refractivity contribution < 1.29 is 24.3 Å². The first kappa shape index (κ1) is 27.3. The monoisotopic (exact) mass is 601 g/mol. The number of esters is 1. The van der Waals surface area contributed by atoms with Crippen molar-refractivity contribution in [2.24, 2.45) is 4.99 Å². The molecule has 0 aliphatic carbocycles. The highest BCUT2D eigenvalue weighted by atomic mass is 79.9. The standard InChI is InChI=1S/C26H24BrN3O7S/c1-5-36-25(33)21-14(4)28-26-29(22(21)15-6-8-18(9-7-15)37-13(2)3)24(32)20(38-26)11-16-10-17(30(34)35)12-19(27)23(16)31/h6-13,22,31H,5H2,1-4H3/b20-11-/t22-/m0/s1. The van der Waals surface area contributed by atoms with Gasteiger partial charge in [0.05, 0.1) is 44.0 Å². The van der Waals surface area contributed by atoms with Crippen LogP contribution < -0.4 is 19.6 Å². The summed E-state index contributed by atoms with van der Waals surface area (Å²) in [6.45, 7) is 7.34. The number of phenolic OH excluding ortho intramolecular Hbond substituents is 1. The number of aromatic hydroxyl groups is 1. The normalized spacial score (nSPS) is 15.3. The number of nitrogens with zero attached hydrogens (tertiary/aromatic N) is 3. The SMILES string of the molecule is CCOC(=O)C1=C(C)N=c2s/c(=C\c3cc([N+](=O)[O-])cc(Br)c3O)c(=O)n2[C@H]1c1ccc(OC(C)C)cc1. The lowest BCUT2D eigenvalue weighted by atomic mass is 9.96. The number of allylic oxidation sites excluding steroid dienone is 1. The van der Waals surface area contributed by atoms with Crippen molar-refractivity contribution in [2.45, 2.75) is 39.8 Å². The average Bonchev–Trinajstić information content (AvgIpc) is 3.15. The van der Waals surface area contributed by atoms with E-state index in [1.165, 1.54) is 22.8 Å². The lowest BCUT2D eigenvalue weighted by Crippen LogP contribution is -2.39. The second kappa shape index (κ2) is 10.9. The van der Waals surface area contributed by atoms with Gasteiger partial charge in [0.25, 0.3) is 11.2 Å². The molecule has 2 aromatic carbocycles. The molecule has 0 amide bonds. The van der Waals surface area contributed by atoms with E-state index < -0.39 is 22.5 Å². The third-order valence-electron chi connectivity index (χ3n) is 5.66. The number of halogens is 1. The van der Waals surface area contributed by atoms with Crippen molar-refractivity contribution in [3.8, 4) is 11.5 Å². The highest BCUT2D eigenvalue weighted by Crippen LogP contribution is 2.34. The van der Waals surface area contributed by atoms with Crippen LogP contribution >= 0.6 is 27.3 Å². The fourth-order valence-corrected chi connectivity index (χ4v) is 5.57. The minimum Gasteiger partial charge on any atom is -0.506 e. The predicted octanol–water partition coefficient (Wildman–Crippen LogP) is 3.96. The lowest BCUT2D eigenvalue weighted by Gasteiger charge is -2.25. The summed E-state index contributed by atoms with van der Waals surface area (Å²) in [5, 5.41) is 21.8. The van der Waals surface area contributed by atoms with Crippen molar-refractivity contribution in [3.63, 3.8) is 0 Å². The summed E-state index contributed by atoms with van der Waals surface area (Å²) in [7, 11) is 0. The summed E-state index contributed by atoms with van der Waals surface area (Å²) >= 11 is 4.17. The molecule has 0 spiro atoms. The molecular formula is C26H24BrN3O7S. The highest BCUT2D eigenvalue weighted by molar-refractivity contribution is 9.10. The smallest absolute Gasteiger partial charge is 0.338 e. The molecule has 1 aliphatic rings. The largest absolute Gasteiger partial charge is 0.506 e. The van der Waals surface area contributed by atoms with Crippen LogP contribution in [0, 0.1) is 10.1 Å². The molecule has 198 valence electrons. The Balaban J connectivity index is 1.93. The second-order valence-electron chi connectivity index (χ2n) is 8.66. The summed E-state index contributed by atoms with van der Waals surface area (Å²) in [5.41, 5.74) is 0.638. The molecule has 0 saturated carbocycles. The first-order valence-corrected chi connectivity index (χ1v) is 13.3. The zero-order chi connectivity index (χ0) is 27.7. The Kier molecular flexibility index (Phi) is 7.83. The van der Waals surface area contributed by atoms with Crippen LogP contribution in [0.15, 0.2) is 61.9 Å². The number of non-ortho nitro benzene ring substituents is 1. The van der Waals surface area contributed by atoms with Crippen LogP contribution in [-0.2, 0) is 9.53 Å². The van der Waals surface area contributed by atoms with E-state index in [-0.39, 0.29) is 44.3 Å². The van der Waals surface area contributed by atoms with Gasteiger partial charge < -0.3 is 14.6 Å². The number of hydrogen-bond donors (Lipinski definition) is 1. The van der Waals surface area contributed by atoms with Crippen LogP contribution in [0.3, 0.4) is 0 Å². The van der Waals surface area contributed by atoms with Gasteiger partial charge in [-0.05, 0) is 67.4 Å². The molecule has 0 saturated heterocycles. The fraction of sp³-hybridized carbons (Fsp3) is 0.269. The number of nitro groups is 1. The van der Waals surface area contributed by atoms with Gasteiger partial charge in [-0.25, -0.2) is 9.79 Å². The van der Waals surface area contributed by atoms with Crippen molar-refractivity contribution in [1.29, 1.82) is 0 Å². The number of ether oxygens (including phenoxy) is 2. The van der Waals surface area contributed by atoms with Crippen LogP contribution in [0.1, 0.15) is 44.9 Å². The van der Waals surface area contributed by atoms with Crippen LogP contribution in [0.2, 0.25) is 0 Å². The molecule has 12 heteroatoms. The van der Waals surface area contributed by atoms with Gasteiger partial charge in [0.15, 0.2) is 4.80 Å². The maximum absolute atomic E-state index is 13.7. The lowest BCUT2D eigenvalue weighted by molar-refractivity contribution is -0.385. The molecule has 3 aromatic rings. The van der Waals surface area contributed by atoms with E-state index in [1.807, 2.05) is 13.8 Å². The van der Waals surface area contributed by atoms with Gasteiger partial charge in [-0.3, -0.25) is 19.5 Å². The van der Waals surface area contributed by atoms with Gasteiger partial charge in [-0.1, -0.05) is 23.5 Å². The van der Waals surface area contributed by atoms with Gasteiger partial charge in [0.1, 0.15) is 11.5 Å². The van der Waals surface area contributed by atoms with Gasteiger partial charge in [0, 0.05) is 17.7 Å². The number of nitro benzene ring substituents is 1. The minimum absolute atomic E-state index is 0.0268. The van der Waals surface area contributed by atoms with E-state index in [0.29, 0.717) is 21.8 Å². The Hall–Kier alpha value is -3.77. The Bertz CT molecular complexity index is 1640. The first-order chi connectivity index (χ1) is 18.0. The summed E-state index contributed by atoms with van der Waals surface area (Å²) in [4.78, 5) is 42.3. The van der Waals surface area contributed by atoms with Gasteiger partial charge in [-0.2, -0.15) is 0 Å². The molecule has 4 rings (SSSR count). The van der Waals surface area contributed by atoms with Gasteiger partial charge in [-0.15, -0.1) is 0 Å². The van der Waals surface area contributed by atoms with E-state index in [0.717, 1.165) is 11.3 Å². The van der Waals surface area contributed by atoms with E-state index >= 15 is 0 Å². The molecule has 1 N–H and O–H groups in total. The maximum Gasteiger partial charge on any atom is 0.338 e. The number of aromatic nitrogens is 1. The highest BCUT2D eigenvalue weighted by Gasteiger charge is 2.33. The summed E-state index contributed by atoms with van der Waals surface area (Å²) in [6.07, 6.45) is 1.35. The van der Waals surface area contributed by atoms with Crippen LogP contribution in [0.4, 0.5) is 5.69 Å². The van der Waals surface area contributed by atoms with Crippen LogP contribution in [0.25, 0.3) is 6.08 Å².